The molecule has 0 unspecified atom stereocenters. The standard InChI is InChI=1S/C11H11NO/c1-8-6-9(2)12-11(8)7-10-4-3-5-13-10/h3-7H,1-2H3. The van der Waals surface area contributed by atoms with Crippen LogP contribution in [0.15, 0.2) is 45.2 Å². The van der Waals surface area contributed by atoms with Gasteiger partial charge in [-0.3, -0.25) is 4.99 Å². The van der Waals surface area contributed by atoms with Gasteiger partial charge in [-0.2, -0.15) is 0 Å². The largest absolute Gasteiger partial charge is 0.465 e. The van der Waals surface area contributed by atoms with Gasteiger partial charge in [0.05, 0.1) is 12.0 Å². The lowest BCUT2D eigenvalue weighted by molar-refractivity contribution is 0.556. The Bertz CT molecular complexity index is 394. The van der Waals surface area contributed by atoms with Crippen molar-refractivity contribution < 1.29 is 4.42 Å². The molecule has 0 atom stereocenters. The molecule has 0 spiro atoms. The Morgan fingerprint density at radius 1 is 1.38 bits per heavy atom. The van der Waals surface area contributed by atoms with Crippen molar-refractivity contribution in [3.63, 3.8) is 0 Å². The summed E-state index contributed by atoms with van der Waals surface area (Å²) >= 11 is 0. The molecular formula is C11H11NO. The Morgan fingerprint density at radius 2 is 2.23 bits per heavy atom. The van der Waals surface area contributed by atoms with Crippen LogP contribution in [0.5, 0.6) is 0 Å². The highest BCUT2D eigenvalue weighted by Crippen LogP contribution is 2.21. The smallest absolute Gasteiger partial charge is 0.128 e. The molecule has 0 saturated carbocycles. The van der Waals surface area contributed by atoms with E-state index in [1.165, 1.54) is 5.57 Å². The zero-order chi connectivity index (χ0) is 9.26. The minimum atomic E-state index is 0.848. The molecule has 13 heavy (non-hydrogen) atoms. The van der Waals surface area contributed by atoms with Crippen molar-refractivity contribution in [3.8, 4) is 0 Å². The summed E-state index contributed by atoms with van der Waals surface area (Å²) in [4.78, 5) is 4.37. The fraction of sp³-hybridized carbons (Fsp3) is 0.182. The normalized spacial score (nSPS) is 19.1. The topological polar surface area (TPSA) is 25.5 Å². The van der Waals surface area contributed by atoms with Gasteiger partial charge in [-0.1, -0.05) is 0 Å². The monoisotopic (exact) mass is 173 g/mol. The van der Waals surface area contributed by atoms with Crippen molar-refractivity contribution in [1.82, 2.24) is 0 Å². The summed E-state index contributed by atoms with van der Waals surface area (Å²) in [5, 5.41) is 0. The second kappa shape index (κ2) is 3.05. The van der Waals surface area contributed by atoms with Gasteiger partial charge < -0.3 is 4.42 Å². The third-order valence-corrected chi connectivity index (χ3v) is 1.95. The quantitative estimate of drug-likeness (QED) is 0.640. The van der Waals surface area contributed by atoms with E-state index in [9.17, 15) is 0 Å². The average molecular weight is 173 g/mol. The number of aliphatic imine (C=N–C) groups is 1. The van der Waals surface area contributed by atoms with E-state index in [1.807, 2.05) is 25.1 Å². The molecule has 2 heteroatoms. The van der Waals surface area contributed by atoms with Crippen LogP contribution in [0.3, 0.4) is 0 Å². The van der Waals surface area contributed by atoms with Crippen molar-refractivity contribution >= 4 is 11.8 Å². The molecule has 0 saturated heterocycles. The molecule has 0 amide bonds. The highest BCUT2D eigenvalue weighted by Gasteiger charge is 2.07. The molecule has 0 aromatic carbocycles. The molecule has 1 aliphatic heterocycles. The summed E-state index contributed by atoms with van der Waals surface area (Å²) in [7, 11) is 0. The summed E-state index contributed by atoms with van der Waals surface area (Å²) in [6.07, 6.45) is 5.67. The Balaban J connectivity index is 2.33. The molecule has 66 valence electrons. The first-order chi connectivity index (χ1) is 6.25. The highest BCUT2D eigenvalue weighted by atomic mass is 16.3. The molecule has 2 nitrogen and oxygen atoms in total. The van der Waals surface area contributed by atoms with E-state index in [2.05, 4.69) is 18.0 Å². The van der Waals surface area contributed by atoms with Gasteiger partial charge in [0, 0.05) is 11.8 Å². The molecule has 2 rings (SSSR count). The maximum absolute atomic E-state index is 5.21. The lowest BCUT2D eigenvalue weighted by Crippen LogP contribution is -1.75. The van der Waals surface area contributed by atoms with Gasteiger partial charge in [0.25, 0.3) is 0 Å². The molecule has 0 radical (unpaired) electrons. The minimum absolute atomic E-state index is 0.848. The van der Waals surface area contributed by atoms with E-state index in [-0.39, 0.29) is 0 Å². The van der Waals surface area contributed by atoms with Crippen LogP contribution < -0.4 is 0 Å². The molecule has 0 aliphatic carbocycles. The van der Waals surface area contributed by atoms with Gasteiger partial charge in [-0.25, -0.2) is 0 Å². The average Bonchev–Trinajstić information content (AvgIpc) is 2.63. The highest BCUT2D eigenvalue weighted by molar-refractivity contribution is 5.98. The number of allylic oxidation sites excluding steroid dienone is 2. The van der Waals surface area contributed by atoms with Crippen molar-refractivity contribution in [2.45, 2.75) is 13.8 Å². The summed E-state index contributed by atoms with van der Waals surface area (Å²) in [5.41, 5.74) is 3.23. The SMILES string of the molecule is CC1=CC(C)=NC1=Cc1ccco1. The Hall–Kier alpha value is -1.57. The summed E-state index contributed by atoms with van der Waals surface area (Å²) in [5.74, 6) is 0.848. The number of nitrogens with zero attached hydrogens (tertiary/aromatic N) is 1. The fourth-order valence-corrected chi connectivity index (χ4v) is 1.35. The molecular weight excluding hydrogens is 162 g/mol. The lowest BCUT2D eigenvalue weighted by Gasteiger charge is -1.93. The lowest BCUT2D eigenvalue weighted by atomic mass is 10.2. The van der Waals surface area contributed by atoms with Crippen molar-refractivity contribution in [1.29, 1.82) is 0 Å². The first kappa shape index (κ1) is 8.05. The summed E-state index contributed by atoms with van der Waals surface area (Å²) in [6.45, 7) is 4.04. The van der Waals surface area contributed by atoms with Gasteiger partial charge in [0.2, 0.25) is 0 Å². The zero-order valence-electron chi connectivity index (χ0n) is 7.74. The molecule has 0 N–H and O–H groups in total. The Labute approximate surface area is 77.3 Å². The summed E-state index contributed by atoms with van der Waals surface area (Å²) < 4.78 is 5.21. The Morgan fingerprint density at radius 3 is 2.77 bits per heavy atom. The van der Waals surface area contributed by atoms with E-state index in [0.29, 0.717) is 0 Å². The Kier molecular flexibility index (Phi) is 1.89. The van der Waals surface area contributed by atoms with Gasteiger partial charge in [0.15, 0.2) is 0 Å². The third-order valence-electron chi connectivity index (χ3n) is 1.95. The molecule has 1 aromatic rings. The number of hydrogen-bond acceptors (Lipinski definition) is 2. The van der Waals surface area contributed by atoms with E-state index in [4.69, 9.17) is 4.42 Å². The van der Waals surface area contributed by atoms with E-state index in [1.54, 1.807) is 6.26 Å². The number of hydrogen-bond donors (Lipinski definition) is 0. The maximum Gasteiger partial charge on any atom is 0.128 e. The van der Waals surface area contributed by atoms with Crippen LogP contribution in [0.4, 0.5) is 0 Å². The van der Waals surface area contributed by atoms with Crippen molar-refractivity contribution in [3.05, 3.63) is 41.5 Å². The van der Waals surface area contributed by atoms with Crippen LogP contribution in [0, 0.1) is 0 Å². The van der Waals surface area contributed by atoms with E-state index >= 15 is 0 Å². The van der Waals surface area contributed by atoms with Crippen LogP contribution in [0.2, 0.25) is 0 Å². The van der Waals surface area contributed by atoms with Crippen LogP contribution in [-0.4, -0.2) is 5.71 Å². The minimum Gasteiger partial charge on any atom is -0.465 e. The van der Waals surface area contributed by atoms with Gasteiger partial charge in [-0.15, -0.1) is 0 Å². The third kappa shape index (κ3) is 1.61. The van der Waals surface area contributed by atoms with E-state index in [0.717, 1.165) is 17.2 Å². The fourth-order valence-electron chi connectivity index (χ4n) is 1.35. The predicted octanol–water partition coefficient (Wildman–Crippen LogP) is 3.04. The van der Waals surface area contributed by atoms with E-state index < -0.39 is 0 Å². The zero-order valence-corrected chi connectivity index (χ0v) is 7.74. The first-order valence-corrected chi connectivity index (χ1v) is 4.25. The van der Waals surface area contributed by atoms with Gasteiger partial charge in [0.1, 0.15) is 5.76 Å². The van der Waals surface area contributed by atoms with Crippen molar-refractivity contribution in [2.75, 3.05) is 0 Å². The second-order valence-corrected chi connectivity index (χ2v) is 3.13. The molecule has 1 aliphatic rings. The van der Waals surface area contributed by atoms with Crippen molar-refractivity contribution in [2.24, 2.45) is 4.99 Å². The predicted molar refractivity (Wildman–Crippen MR) is 53.6 cm³/mol. The van der Waals surface area contributed by atoms with Gasteiger partial charge >= 0.3 is 0 Å². The molecule has 1 aromatic heterocycles. The summed E-state index contributed by atoms with van der Waals surface area (Å²) in [6, 6.07) is 3.79. The molecule has 2 heterocycles. The second-order valence-electron chi connectivity index (χ2n) is 3.13. The number of furan rings is 1. The van der Waals surface area contributed by atoms with Crippen LogP contribution >= 0.6 is 0 Å². The maximum atomic E-state index is 5.21. The molecule has 0 bridgehead atoms. The number of rotatable bonds is 1. The van der Waals surface area contributed by atoms with Crippen LogP contribution in [0.25, 0.3) is 6.08 Å². The van der Waals surface area contributed by atoms with Crippen LogP contribution in [-0.2, 0) is 0 Å². The van der Waals surface area contributed by atoms with Crippen LogP contribution in [0.1, 0.15) is 19.6 Å². The molecule has 0 fully saturated rings. The van der Waals surface area contributed by atoms with Gasteiger partial charge in [-0.05, 0) is 37.6 Å². The first-order valence-electron chi connectivity index (χ1n) is 4.25.